The number of nitrogens with zero attached hydrogens (tertiary/aromatic N) is 2. The molecular formula is C20H21Cl2FN2O3. The van der Waals surface area contributed by atoms with Crippen molar-refractivity contribution >= 4 is 29.1 Å². The van der Waals surface area contributed by atoms with E-state index in [0.29, 0.717) is 43.5 Å². The Balaban J connectivity index is 1.44. The Hall–Kier alpha value is -1.86. The van der Waals surface area contributed by atoms with Crippen LogP contribution in [0, 0.1) is 5.82 Å². The summed E-state index contributed by atoms with van der Waals surface area (Å²) < 4.78 is 19.5. The Labute approximate surface area is 173 Å². The number of carbonyl (C=O) groups is 1. The Morgan fingerprint density at radius 2 is 1.71 bits per heavy atom. The molecule has 1 amide bonds. The smallest absolute Gasteiger partial charge is 0.256 e. The van der Waals surface area contributed by atoms with Crippen LogP contribution in [0.1, 0.15) is 10.4 Å². The predicted molar refractivity (Wildman–Crippen MR) is 107 cm³/mol. The fourth-order valence-electron chi connectivity index (χ4n) is 3.04. The molecule has 1 atom stereocenters. The van der Waals surface area contributed by atoms with Gasteiger partial charge in [-0.1, -0.05) is 23.2 Å². The minimum Gasteiger partial charge on any atom is -0.491 e. The van der Waals surface area contributed by atoms with Crippen molar-refractivity contribution in [3.05, 3.63) is 63.9 Å². The van der Waals surface area contributed by atoms with Gasteiger partial charge in [-0.2, -0.15) is 0 Å². The first kappa shape index (κ1) is 20.9. The third-order valence-electron chi connectivity index (χ3n) is 4.55. The summed E-state index contributed by atoms with van der Waals surface area (Å²) in [6.07, 6.45) is -0.661. The molecular weight excluding hydrogens is 406 g/mol. The molecule has 0 bridgehead atoms. The van der Waals surface area contributed by atoms with Gasteiger partial charge in [0.05, 0.1) is 5.56 Å². The molecule has 1 aliphatic rings. The Morgan fingerprint density at radius 1 is 1.07 bits per heavy atom. The lowest BCUT2D eigenvalue weighted by atomic mass is 10.1. The quantitative estimate of drug-likeness (QED) is 0.769. The van der Waals surface area contributed by atoms with Crippen LogP contribution >= 0.6 is 23.2 Å². The van der Waals surface area contributed by atoms with E-state index in [2.05, 4.69) is 4.90 Å². The number of aliphatic hydroxyl groups excluding tert-OH is 1. The molecule has 8 heteroatoms. The summed E-state index contributed by atoms with van der Waals surface area (Å²) in [7, 11) is 0. The fraction of sp³-hybridized carbons (Fsp3) is 0.350. The van der Waals surface area contributed by atoms with E-state index in [4.69, 9.17) is 27.9 Å². The fourth-order valence-corrected chi connectivity index (χ4v) is 3.33. The predicted octanol–water partition coefficient (Wildman–Crippen LogP) is 3.33. The number of carbonyl (C=O) groups excluding carboxylic acids is 1. The van der Waals surface area contributed by atoms with E-state index in [1.165, 1.54) is 12.1 Å². The minimum absolute atomic E-state index is 0.0225. The summed E-state index contributed by atoms with van der Waals surface area (Å²) in [4.78, 5) is 16.2. The van der Waals surface area contributed by atoms with Gasteiger partial charge in [0.25, 0.3) is 5.91 Å². The summed E-state index contributed by atoms with van der Waals surface area (Å²) in [6, 6.07) is 11.0. The lowest BCUT2D eigenvalue weighted by Crippen LogP contribution is -2.51. The van der Waals surface area contributed by atoms with E-state index >= 15 is 0 Å². The summed E-state index contributed by atoms with van der Waals surface area (Å²) in [5.41, 5.74) is 0.0225. The van der Waals surface area contributed by atoms with Gasteiger partial charge in [0.1, 0.15) is 24.3 Å². The molecule has 150 valence electrons. The van der Waals surface area contributed by atoms with Gasteiger partial charge in [0.15, 0.2) is 0 Å². The molecule has 1 heterocycles. The average Bonchev–Trinajstić information content (AvgIpc) is 2.68. The molecule has 0 spiro atoms. The van der Waals surface area contributed by atoms with E-state index in [0.717, 1.165) is 6.07 Å². The number of piperazine rings is 1. The number of β-amino-alcohol motifs (C(OH)–C–C–N with tert-alkyl or cyclic N) is 1. The monoisotopic (exact) mass is 426 g/mol. The second-order valence-corrected chi connectivity index (χ2v) is 7.51. The first-order chi connectivity index (χ1) is 13.4. The van der Waals surface area contributed by atoms with Gasteiger partial charge < -0.3 is 14.7 Å². The molecule has 2 aromatic rings. The van der Waals surface area contributed by atoms with Crippen LogP contribution in [0.4, 0.5) is 4.39 Å². The van der Waals surface area contributed by atoms with Gasteiger partial charge in [-0.05, 0) is 42.5 Å². The highest BCUT2D eigenvalue weighted by Gasteiger charge is 2.25. The number of rotatable bonds is 6. The van der Waals surface area contributed by atoms with E-state index < -0.39 is 11.9 Å². The highest BCUT2D eigenvalue weighted by Crippen LogP contribution is 2.18. The highest BCUT2D eigenvalue weighted by molar-refractivity contribution is 6.30. The lowest BCUT2D eigenvalue weighted by Gasteiger charge is -2.35. The molecule has 0 radical (unpaired) electrons. The van der Waals surface area contributed by atoms with E-state index in [-0.39, 0.29) is 23.1 Å². The van der Waals surface area contributed by atoms with Crippen LogP contribution in [0.15, 0.2) is 42.5 Å². The van der Waals surface area contributed by atoms with Crippen LogP contribution in [0.3, 0.4) is 0 Å². The van der Waals surface area contributed by atoms with Crippen molar-refractivity contribution < 1.29 is 19.0 Å². The number of aliphatic hydroxyl groups is 1. The van der Waals surface area contributed by atoms with Crippen LogP contribution in [0.2, 0.25) is 10.0 Å². The van der Waals surface area contributed by atoms with Crippen LogP contribution in [-0.2, 0) is 0 Å². The summed E-state index contributed by atoms with van der Waals surface area (Å²) >= 11 is 11.6. The van der Waals surface area contributed by atoms with Crippen molar-refractivity contribution in [1.29, 1.82) is 0 Å². The third kappa shape index (κ3) is 5.58. The molecule has 28 heavy (non-hydrogen) atoms. The second-order valence-electron chi connectivity index (χ2n) is 6.64. The molecule has 2 aromatic carbocycles. The average molecular weight is 427 g/mol. The van der Waals surface area contributed by atoms with E-state index in [9.17, 15) is 14.3 Å². The van der Waals surface area contributed by atoms with Gasteiger partial charge >= 0.3 is 0 Å². The SMILES string of the molecule is O=C(c1ccc(Cl)cc1F)N1CCN(CC(O)COc2ccc(Cl)cc2)CC1. The Bertz CT molecular complexity index is 812. The molecule has 0 saturated carbocycles. The third-order valence-corrected chi connectivity index (χ3v) is 5.03. The van der Waals surface area contributed by atoms with E-state index in [1.807, 2.05) is 0 Å². The molecule has 1 N–H and O–H groups in total. The van der Waals surface area contributed by atoms with Crippen molar-refractivity contribution in [2.24, 2.45) is 0 Å². The number of benzene rings is 2. The van der Waals surface area contributed by atoms with Crippen molar-refractivity contribution in [2.45, 2.75) is 6.10 Å². The molecule has 1 saturated heterocycles. The van der Waals surface area contributed by atoms with Gasteiger partial charge in [0, 0.05) is 42.8 Å². The Morgan fingerprint density at radius 3 is 2.36 bits per heavy atom. The first-order valence-electron chi connectivity index (χ1n) is 8.95. The number of halogens is 3. The van der Waals surface area contributed by atoms with Crippen molar-refractivity contribution in [3.63, 3.8) is 0 Å². The Kier molecular flexibility index (Phi) is 7.13. The maximum absolute atomic E-state index is 14.0. The first-order valence-corrected chi connectivity index (χ1v) is 9.71. The number of hydrogen-bond acceptors (Lipinski definition) is 4. The minimum atomic E-state index is -0.661. The lowest BCUT2D eigenvalue weighted by molar-refractivity contribution is 0.0401. The van der Waals surface area contributed by atoms with Gasteiger partial charge in [-0.25, -0.2) is 4.39 Å². The van der Waals surface area contributed by atoms with E-state index in [1.54, 1.807) is 29.2 Å². The largest absolute Gasteiger partial charge is 0.491 e. The maximum Gasteiger partial charge on any atom is 0.256 e. The molecule has 3 rings (SSSR count). The van der Waals surface area contributed by atoms with Crippen LogP contribution < -0.4 is 4.74 Å². The van der Waals surface area contributed by atoms with Crippen molar-refractivity contribution in [1.82, 2.24) is 9.80 Å². The number of amides is 1. The maximum atomic E-state index is 14.0. The van der Waals surface area contributed by atoms with Crippen LogP contribution in [-0.4, -0.2) is 66.2 Å². The molecule has 1 unspecified atom stereocenters. The normalized spacial score (nSPS) is 16.1. The van der Waals surface area contributed by atoms with Crippen LogP contribution in [0.5, 0.6) is 5.75 Å². The van der Waals surface area contributed by atoms with Gasteiger partial charge in [-0.15, -0.1) is 0 Å². The van der Waals surface area contributed by atoms with Crippen molar-refractivity contribution in [2.75, 3.05) is 39.3 Å². The molecule has 1 aliphatic heterocycles. The number of hydrogen-bond donors (Lipinski definition) is 1. The van der Waals surface area contributed by atoms with Gasteiger partial charge in [0.2, 0.25) is 0 Å². The molecule has 0 aliphatic carbocycles. The zero-order valence-electron chi connectivity index (χ0n) is 15.2. The molecule has 5 nitrogen and oxygen atoms in total. The summed E-state index contributed by atoms with van der Waals surface area (Å²) in [6.45, 7) is 2.72. The number of ether oxygens (including phenoxy) is 1. The van der Waals surface area contributed by atoms with Crippen molar-refractivity contribution in [3.8, 4) is 5.75 Å². The topological polar surface area (TPSA) is 53.0 Å². The molecule has 0 aromatic heterocycles. The standard InChI is InChI=1S/C20H21Cl2FN2O3/c21-14-1-4-17(5-2-14)28-13-16(26)12-24-7-9-25(10-8-24)20(27)18-6-3-15(22)11-19(18)23/h1-6,11,16,26H,7-10,12-13H2. The summed E-state index contributed by atoms with van der Waals surface area (Å²) in [5, 5.41) is 11.1. The summed E-state index contributed by atoms with van der Waals surface area (Å²) in [5.74, 6) is -0.320. The zero-order valence-corrected chi connectivity index (χ0v) is 16.7. The molecule has 1 fully saturated rings. The second kappa shape index (κ2) is 9.56. The highest BCUT2D eigenvalue weighted by atomic mass is 35.5. The zero-order chi connectivity index (χ0) is 20.1. The van der Waals surface area contributed by atoms with Crippen LogP contribution in [0.25, 0.3) is 0 Å². The van der Waals surface area contributed by atoms with Gasteiger partial charge in [-0.3, -0.25) is 9.69 Å².